The first-order chi connectivity index (χ1) is 10.5. The van der Waals surface area contributed by atoms with Gasteiger partial charge in [-0.25, -0.2) is 8.42 Å². The molecule has 1 rings (SSSR count). The number of methoxy groups -OCH3 is 1. The third kappa shape index (κ3) is 9.06. The van der Waals surface area contributed by atoms with Crippen molar-refractivity contribution in [2.75, 3.05) is 65.1 Å². The number of nitrogens with one attached hydrogen (secondary N) is 1. The van der Waals surface area contributed by atoms with Crippen LogP contribution < -0.4 is 5.32 Å². The van der Waals surface area contributed by atoms with Crippen LogP contribution in [0.1, 0.15) is 13.3 Å². The number of guanidine groups is 1. The number of hydrogen-bond donors (Lipinski definition) is 1. The second-order valence-electron chi connectivity index (χ2n) is 5.38. The summed E-state index contributed by atoms with van der Waals surface area (Å²) < 4.78 is 33.5. The highest BCUT2D eigenvalue weighted by molar-refractivity contribution is 14.0. The van der Waals surface area contributed by atoms with E-state index in [0.717, 1.165) is 32.1 Å². The summed E-state index contributed by atoms with van der Waals surface area (Å²) in [4.78, 5) is 6.39. The van der Waals surface area contributed by atoms with Gasteiger partial charge in [0.25, 0.3) is 0 Å². The smallest absolute Gasteiger partial charge is 0.193 e. The van der Waals surface area contributed by atoms with Gasteiger partial charge >= 0.3 is 0 Å². The average molecular weight is 463 g/mol. The molecule has 0 amide bonds. The Balaban J connectivity index is 0.00000484. The molecule has 138 valence electrons. The number of hydrogen-bond acceptors (Lipinski definition) is 5. The van der Waals surface area contributed by atoms with Crippen LogP contribution >= 0.6 is 24.0 Å². The van der Waals surface area contributed by atoms with Gasteiger partial charge < -0.3 is 19.7 Å². The van der Waals surface area contributed by atoms with Crippen molar-refractivity contribution in [2.45, 2.75) is 13.3 Å². The Morgan fingerprint density at radius 3 is 2.74 bits per heavy atom. The lowest BCUT2D eigenvalue weighted by Gasteiger charge is -2.21. The Hall–Kier alpha value is -0.130. The second-order valence-corrected chi connectivity index (χ2v) is 7.85. The molecule has 1 aliphatic heterocycles. The van der Waals surface area contributed by atoms with Gasteiger partial charge in [-0.2, -0.15) is 0 Å². The number of likely N-dealkylation sites (tertiary alicyclic amines) is 1. The molecule has 0 radical (unpaired) electrons. The lowest BCUT2D eigenvalue weighted by atomic mass is 10.1. The maximum Gasteiger partial charge on any atom is 0.193 e. The van der Waals surface area contributed by atoms with Crippen LogP contribution in [0.2, 0.25) is 0 Å². The van der Waals surface area contributed by atoms with Crippen LogP contribution in [-0.4, -0.2) is 84.4 Å². The topological polar surface area (TPSA) is 80.2 Å². The summed E-state index contributed by atoms with van der Waals surface area (Å²) in [5.41, 5.74) is 0. The summed E-state index contributed by atoms with van der Waals surface area (Å²) in [7, 11) is 0.440. The van der Waals surface area contributed by atoms with E-state index in [1.165, 1.54) is 0 Å². The molecule has 0 aromatic heterocycles. The van der Waals surface area contributed by atoms with Crippen LogP contribution in [0.5, 0.6) is 0 Å². The molecule has 1 heterocycles. The van der Waals surface area contributed by atoms with Gasteiger partial charge in [-0.05, 0) is 6.42 Å². The van der Waals surface area contributed by atoms with E-state index in [2.05, 4.69) is 15.2 Å². The van der Waals surface area contributed by atoms with Gasteiger partial charge in [0.05, 0.1) is 25.6 Å². The van der Waals surface area contributed by atoms with E-state index in [0.29, 0.717) is 25.7 Å². The monoisotopic (exact) mass is 463 g/mol. The van der Waals surface area contributed by atoms with Crippen molar-refractivity contribution in [3.05, 3.63) is 0 Å². The quantitative estimate of drug-likeness (QED) is 0.234. The first kappa shape index (κ1) is 22.9. The third-order valence-electron chi connectivity index (χ3n) is 3.72. The van der Waals surface area contributed by atoms with Gasteiger partial charge in [-0.1, -0.05) is 6.92 Å². The Morgan fingerprint density at radius 2 is 2.13 bits per heavy atom. The third-order valence-corrected chi connectivity index (χ3v) is 5.42. The van der Waals surface area contributed by atoms with Crippen LogP contribution in [0.15, 0.2) is 4.99 Å². The molecule has 7 nitrogen and oxygen atoms in total. The van der Waals surface area contributed by atoms with Crippen LogP contribution in [0.3, 0.4) is 0 Å². The van der Waals surface area contributed by atoms with E-state index in [-0.39, 0.29) is 35.5 Å². The summed E-state index contributed by atoms with van der Waals surface area (Å²) in [6.45, 7) is 5.82. The molecule has 0 bridgehead atoms. The molecule has 0 aliphatic carbocycles. The fourth-order valence-electron chi connectivity index (χ4n) is 2.35. The SMILES string of the molecule is CCS(=O)(=O)CCNC(=NC)N1CCC(COCCOC)C1.I. The maximum absolute atomic E-state index is 11.5. The molecule has 0 spiro atoms. The van der Waals surface area contributed by atoms with Crippen molar-refractivity contribution < 1.29 is 17.9 Å². The Kier molecular flexibility index (Phi) is 12.2. The van der Waals surface area contributed by atoms with Crippen molar-refractivity contribution in [1.82, 2.24) is 10.2 Å². The summed E-state index contributed by atoms with van der Waals surface area (Å²) in [6, 6.07) is 0. The van der Waals surface area contributed by atoms with Crippen LogP contribution in [-0.2, 0) is 19.3 Å². The number of sulfone groups is 1. The van der Waals surface area contributed by atoms with Gasteiger partial charge in [-0.15, -0.1) is 24.0 Å². The largest absolute Gasteiger partial charge is 0.382 e. The van der Waals surface area contributed by atoms with Crippen molar-refractivity contribution in [2.24, 2.45) is 10.9 Å². The molecule has 23 heavy (non-hydrogen) atoms. The molecule has 1 aliphatic rings. The summed E-state index contributed by atoms with van der Waals surface area (Å²) in [6.07, 6.45) is 1.06. The molecular weight excluding hydrogens is 433 g/mol. The van der Waals surface area contributed by atoms with E-state index in [9.17, 15) is 8.42 Å². The van der Waals surface area contributed by atoms with Crippen LogP contribution in [0.25, 0.3) is 0 Å². The standard InChI is InChI=1S/C14H29N3O4S.HI/c1-4-22(18,19)10-6-16-14(15-2)17-7-5-13(11-17)12-21-9-8-20-3;/h13H,4-12H2,1-3H3,(H,15,16);1H. The summed E-state index contributed by atoms with van der Waals surface area (Å²) in [5, 5.41) is 3.13. The number of rotatable bonds is 9. The number of halogens is 1. The Morgan fingerprint density at radius 1 is 1.39 bits per heavy atom. The van der Waals surface area contributed by atoms with Gasteiger partial charge in [0, 0.05) is 45.5 Å². The Bertz CT molecular complexity index is 445. The van der Waals surface area contributed by atoms with Crippen molar-refractivity contribution >= 4 is 39.8 Å². The molecule has 1 unspecified atom stereocenters. The minimum Gasteiger partial charge on any atom is -0.382 e. The predicted molar refractivity (Wildman–Crippen MR) is 103 cm³/mol. The first-order valence-electron chi connectivity index (χ1n) is 7.75. The minimum absolute atomic E-state index is 0. The highest BCUT2D eigenvalue weighted by atomic mass is 127. The zero-order valence-corrected chi connectivity index (χ0v) is 17.4. The van der Waals surface area contributed by atoms with E-state index in [4.69, 9.17) is 9.47 Å². The normalized spacial score (nSPS) is 18.8. The van der Waals surface area contributed by atoms with Gasteiger partial charge in [-0.3, -0.25) is 4.99 Å². The molecule has 1 saturated heterocycles. The van der Waals surface area contributed by atoms with E-state index < -0.39 is 9.84 Å². The lowest BCUT2D eigenvalue weighted by molar-refractivity contribution is 0.0536. The maximum atomic E-state index is 11.5. The molecule has 0 saturated carbocycles. The average Bonchev–Trinajstić information content (AvgIpc) is 2.97. The van der Waals surface area contributed by atoms with Crippen molar-refractivity contribution in [1.29, 1.82) is 0 Å². The Labute approximate surface area is 157 Å². The fraction of sp³-hybridized carbons (Fsp3) is 0.929. The van der Waals surface area contributed by atoms with Crippen molar-refractivity contribution in [3.63, 3.8) is 0 Å². The zero-order chi connectivity index (χ0) is 16.4. The molecule has 1 N–H and O–H groups in total. The lowest BCUT2D eigenvalue weighted by Crippen LogP contribution is -2.42. The molecule has 0 aromatic carbocycles. The van der Waals surface area contributed by atoms with Gasteiger partial charge in [0.2, 0.25) is 0 Å². The van der Waals surface area contributed by atoms with Gasteiger partial charge in [0.1, 0.15) is 0 Å². The second kappa shape index (κ2) is 12.3. The van der Waals surface area contributed by atoms with Crippen LogP contribution in [0.4, 0.5) is 0 Å². The zero-order valence-electron chi connectivity index (χ0n) is 14.3. The molecule has 1 atom stereocenters. The summed E-state index contributed by atoms with van der Waals surface area (Å²) >= 11 is 0. The van der Waals surface area contributed by atoms with Gasteiger partial charge in [0.15, 0.2) is 15.8 Å². The van der Waals surface area contributed by atoms with E-state index in [1.54, 1.807) is 21.1 Å². The number of ether oxygens (including phenoxy) is 2. The van der Waals surface area contributed by atoms with Crippen molar-refractivity contribution in [3.8, 4) is 0 Å². The summed E-state index contributed by atoms with van der Waals surface area (Å²) in [5.74, 6) is 1.57. The van der Waals surface area contributed by atoms with E-state index >= 15 is 0 Å². The van der Waals surface area contributed by atoms with Crippen LogP contribution in [0, 0.1) is 5.92 Å². The fourth-order valence-corrected chi connectivity index (χ4v) is 3.05. The minimum atomic E-state index is -2.94. The first-order valence-corrected chi connectivity index (χ1v) is 9.57. The predicted octanol–water partition coefficient (Wildman–Crippen LogP) is 0.599. The number of aliphatic imine (C=N–C) groups is 1. The highest BCUT2D eigenvalue weighted by Crippen LogP contribution is 2.16. The molecule has 1 fully saturated rings. The molecule has 0 aromatic rings. The number of nitrogens with zero attached hydrogens (tertiary/aromatic N) is 2. The van der Waals surface area contributed by atoms with E-state index in [1.807, 2.05) is 0 Å². The molecular formula is C14H30IN3O4S. The molecule has 9 heteroatoms. The highest BCUT2D eigenvalue weighted by Gasteiger charge is 2.25.